The molecule has 1 aromatic rings. The summed E-state index contributed by atoms with van der Waals surface area (Å²) in [6.07, 6.45) is 5.42. The second kappa shape index (κ2) is 14.2. The fourth-order valence-corrected chi connectivity index (χ4v) is 2.97. The monoisotopic (exact) mass is 492 g/mol. The van der Waals surface area contributed by atoms with Crippen LogP contribution in [0.4, 0.5) is 0 Å². The molecule has 1 atom stereocenters. The fourth-order valence-electron chi connectivity index (χ4n) is 2.97. The summed E-state index contributed by atoms with van der Waals surface area (Å²) in [5.41, 5.74) is 0. The van der Waals surface area contributed by atoms with E-state index in [1.54, 1.807) is 6.26 Å². The summed E-state index contributed by atoms with van der Waals surface area (Å²) in [4.78, 5) is 7.17. The molecule has 1 heterocycles. The molecule has 0 amide bonds. The Bertz CT molecular complexity index is 502. The van der Waals surface area contributed by atoms with Crippen molar-refractivity contribution < 1.29 is 9.15 Å². The highest BCUT2D eigenvalue weighted by atomic mass is 127. The van der Waals surface area contributed by atoms with Gasteiger partial charge in [0.2, 0.25) is 0 Å². The van der Waals surface area contributed by atoms with Crippen molar-refractivity contribution in [1.29, 1.82) is 0 Å². The zero-order valence-electron chi connectivity index (χ0n) is 17.1. The Balaban J connectivity index is 0.00000364. The molecule has 2 rings (SSSR count). The van der Waals surface area contributed by atoms with Crippen molar-refractivity contribution >= 4 is 29.9 Å². The molecule has 0 radical (unpaired) electrons. The summed E-state index contributed by atoms with van der Waals surface area (Å²) >= 11 is 0. The summed E-state index contributed by atoms with van der Waals surface area (Å²) in [5, 5.41) is 6.74. The molecule has 1 fully saturated rings. The van der Waals surface area contributed by atoms with Gasteiger partial charge in [-0.25, -0.2) is 0 Å². The minimum absolute atomic E-state index is 0. The maximum Gasteiger partial charge on any atom is 0.191 e. The van der Waals surface area contributed by atoms with Gasteiger partial charge in [0.25, 0.3) is 0 Å². The molecule has 1 unspecified atom stereocenters. The molecule has 0 spiro atoms. The van der Waals surface area contributed by atoms with Crippen LogP contribution in [0.15, 0.2) is 27.8 Å². The quantitative estimate of drug-likeness (QED) is 0.191. The SMILES string of the molecule is CCNC(=NCC(c1ccco1)N(CC)CC)NCCCOCC1CC1.I. The molecule has 0 saturated heterocycles. The van der Waals surface area contributed by atoms with Crippen LogP contribution in [0, 0.1) is 5.92 Å². The van der Waals surface area contributed by atoms with E-state index in [2.05, 4.69) is 36.3 Å². The number of furan rings is 1. The van der Waals surface area contributed by atoms with Crippen molar-refractivity contribution in [1.82, 2.24) is 15.5 Å². The number of likely N-dealkylation sites (N-methyl/N-ethyl adjacent to an activating group) is 1. The van der Waals surface area contributed by atoms with Gasteiger partial charge in [0.05, 0.1) is 18.8 Å². The average molecular weight is 492 g/mol. The van der Waals surface area contributed by atoms with Crippen LogP contribution in [0.3, 0.4) is 0 Å². The van der Waals surface area contributed by atoms with Gasteiger partial charge in [-0.3, -0.25) is 9.89 Å². The highest BCUT2D eigenvalue weighted by Gasteiger charge is 2.21. The first kappa shape index (κ1) is 24.2. The number of nitrogens with one attached hydrogen (secondary N) is 2. The Labute approximate surface area is 181 Å². The summed E-state index contributed by atoms with van der Waals surface area (Å²) in [6, 6.07) is 4.15. The first-order valence-corrected chi connectivity index (χ1v) is 10.2. The topological polar surface area (TPSA) is 62.0 Å². The number of hydrogen-bond donors (Lipinski definition) is 2. The highest BCUT2D eigenvalue weighted by molar-refractivity contribution is 14.0. The molecule has 7 heteroatoms. The van der Waals surface area contributed by atoms with Crippen LogP contribution in [0.2, 0.25) is 0 Å². The maximum absolute atomic E-state index is 5.69. The van der Waals surface area contributed by atoms with E-state index in [0.29, 0.717) is 6.54 Å². The maximum atomic E-state index is 5.69. The molecule has 2 N–H and O–H groups in total. The largest absolute Gasteiger partial charge is 0.468 e. The molecule has 1 saturated carbocycles. The van der Waals surface area contributed by atoms with Crippen LogP contribution < -0.4 is 10.6 Å². The zero-order chi connectivity index (χ0) is 18.6. The summed E-state index contributed by atoms with van der Waals surface area (Å²) in [6.45, 7) is 12.5. The third-order valence-corrected chi connectivity index (χ3v) is 4.70. The number of rotatable bonds is 13. The number of guanidine groups is 1. The molecule has 0 aliphatic heterocycles. The summed E-state index contributed by atoms with van der Waals surface area (Å²) < 4.78 is 11.3. The normalized spacial score (nSPS) is 15.5. The molecule has 0 bridgehead atoms. The molecule has 1 aliphatic carbocycles. The minimum Gasteiger partial charge on any atom is -0.468 e. The third-order valence-electron chi connectivity index (χ3n) is 4.70. The molecule has 6 nitrogen and oxygen atoms in total. The molecule has 1 aromatic heterocycles. The van der Waals surface area contributed by atoms with E-state index in [0.717, 1.165) is 63.5 Å². The summed E-state index contributed by atoms with van der Waals surface area (Å²) in [5.74, 6) is 2.67. The third kappa shape index (κ3) is 9.30. The molecule has 0 aromatic carbocycles. The van der Waals surface area contributed by atoms with Crippen molar-refractivity contribution in [2.45, 2.75) is 46.1 Å². The Morgan fingerprint density at radius 1 is 1.30 bits per heavy atom. The van der Waals surface area contributed by atoms with Gasteiger partial charge in [0, 0.05) is 26.3 Å². The number of ether oxygens (including phenoxy) is 1. The first-order chi connectivity index (χ1) is 12.8. The lowest BCUT2D eigenvalue weighted by Gasteiger charge is -2.27. The number of aliphatic imine (C=N–C) groups is 1. The van der Waals surface area contributed by atoms with Crippen molar-refractivity contribution in [3.8, 4) is 0 Å². The minimum atomic E-state index is 0. The van der Waals surface area contributed by atoms with E-state index < -0.39 is 0 Å². The Hall–Kier alpha value is -0.800. The smallest absolute Gasteiger partial charge is 0.191 e. The highest BCUT2D eigenvalue weighted by Crippen LogP contribution is 2.28. The van der Waals surface area contributed by atoms with Gasteiger partial charge in [0.1, 0.15) is 5.76 Å². The summed E-state index contributed by atoms with van der Waals surface area (Å²) in [7, 11) is 0. The van der Waals surface area contributed by atoms with E-state index in [4.69, 9.17) is 14.1 Å². The standard InChI is InChI=1S/C20H36N4O2.HI/c1-4-21-20(22-12-8-13-25-16-17-10-11-17)23-15-18(24(5-2)6-3)19-9-7-14-26-19;/h7,9,14,17-18H,4-6,8,10-13,15-16H2,1-3H3,(H2,21,22,23);1H. The predicted octanol–water partition coefficient (Wildman–Crippen LogP) is 3.65. The van der Waals surface area contributed by atoms with Crippen molar-refractivity contribution in [3.05, 3.63) is 24.2 Å². The number of halogens is 1. The Morgan fingerprint density at radius 2 is 2.07 bits per heavy atom. The van der Waals surface area contributed by atoms with E-state index in [1.165, 1.54) is 12.8 Å². The van der Waals surface area contributed by atoms with Gasteiger partial charge >= 0.3 is 0 Å². The average Bonchev–Trinajstić information content (AvgIpc) is 3.32. The van der Waals surface area contributed by atoms with Crippen LogP contribution >= 0.6 is 24.0 Å². The van der Waals surface area contributed by atoms with E-state index in [-0.39, 0.29) is 30.0 Å². The second-order valence-electron chi connectivity index (χ2n) is 6.77. The van der Waals surface area contributed by atoms with E-state index in [9.17, 15) is 0 Å². The molecule has 1 aliphatic rings. The second-order valence-corrected chi connectivity index (χ2v) is 6.77. The lowest BCUT2D eigenvalue weighted by atomic mass is 10.2. The van der Waals surface area contributed by atoms with Crippen molar-refractivity contribution in [2.24, 2.45) is 10.9 Å². The predicted molar refractivity (Wildman–Crippen MR) is 122 cm³/mol. The molecular formula is C20H37IN4O2. The van der Waals surface area contributed by atoms with Gasteiger partial charge in [-0.05, 0) is 57.3 Å². The van der Waals surface area contributed by atoms with Gasteiger partial charge in [-0.1, -0.05) is 13.8 Å². The molecular weight excluding hydrogens is 455 g/mol. The van der Waals surface area contributed by atoms with Crippen LogP contribution in [0.5, 0.6) is 0 Å². The van der Waals surface area contributed by atoms with Gasteiger partial charge in [-0.15, -0.1) is 24.0 Å². The van der Waals surface area contributed by atoms with Gasteiger partial charge in [-0.2, -0.15) is 0 Å². The van der Waals surface area contributed by atoms with Crippen molar-refractivity contribution in [3.63, 3.8) is 0 Å². The van der Waals surface area contributed by atoms with Crippen LogP contribution in [-0.4, -0.2) is 56.8 Å². The molecule has 27 heavy (non-hydrogen) atoms. The Morgan fingerprint density at radius 3 is 2.67 bits per heavy atom. The van der Waals surface area contributed by atoms with Crippen LogP contribution in [-0.2, 0) is 4.74 Å². The number of hydrogen-bond acceptors (Lipinski definition) is 4. The zero-order valence-corrected chi connectivity index (χ0v) is 19.4. The number of nitrogens with zero attached hydrogens (tertiary/aromatic N) is 2. The lowest BCUT2D eigenvalue weighted by Crippen LogP contribution is -2.39. The van der Waals surface area contributed by atoms with Gasteiger partial charge < -0.3 is 19.8 Å². The van der Waals surface area contributed by atoms with E-state index >= 15 is 0 Å². The van der Waals surface area contributed by atoms with Crippen LogP contribution in [0.25, 0.3) is 0 Å². The first-order valence-electron chi connectivity index (χ1n) is 10.2. The molecule has 156 valence electrons. The van der Waals surface area contributed by atoms with Gasteiger partial charge in [0.15, 0.2) is 5.96 Å². The van der Waals surface area contributed by atoms with E-state index in [1.807, 2.05) is 12.1 Å². The fraction of sp³-hybridized carbons (Fsp3) is 0.750. The van der Waals surface area contributed by atoms with Crippen molar-refractivity contribution in [2.75, 3.05) is 45.9 Å². The van der Waals surface area contributed by atoms with Crippen LogP contribution in [0.1, 0.15) is 51.8 Å². The lowest BCUT2D eigenvalue weighted by molar-refractivity contribution is 0.123. The Kier molecular flexibility index (Phi) is 12.8.